The number of carbonyl (C=O) groups is 1. The van der Waals surface area contributed by atoms with E-state index in [4.69, 9.17) is 4.74 Å². The quantitative estimate of drug-likeness (QED) is 0.654. The summed E-state index contributed by atoms with van der Waals surface area (Å²) in [5, 5.41) is 9.26. The van der Waals surface area contributed by atoms with Crippen LogP contribution in [0.2, 0.25) is 0 Å². The van der Waals surface area contributed by atoms with Crippen LogP contribution in [0.5, 0.6) is 0 Å². The number of hydrogen-bond donors (Lipinski definition) is 1. The Morgan fingerprint density at radius 1 is 1.42 bits per heavy atom. The summed E-state index contributed by atoms with van der Waals surface area (Å²) < 4.78 is 4.93. The van der Waals surface area contributed by atoms with E-state index in [1.807, 2.05) is 13.8 Å². The van der Waals surface area contributed by atoms with Crippen LogP contribution in [0.1, 0.15) is 34.1 Å². The van der Waals surface area contributed by atoms with E-state index >= 15 is 0 Å². The van der Waals surface area contributed by atoms with Crippen molar-refractivity contribution in [1.82, 2.24) is 0 Å². The third kappa shape index (κ3) is 3.72. The highest BCUT2D eigenvalue weighted by atomic mass is 16.6. The summed E-state index contributed by atoms with van der Waals surface area (Å²) in [5.41, 5.74) is 0. The maximum Gasteiger partial charge on any atom is 0.335 e. The lowest BCUT2D eigenvalue weighted by atomic mass is 10.1. The molecule has 0 bridgehead atoms. The lowest BCUT2D eigenvalue weighted by Gasteiger charge is -2.16. The predicted octanol–water partition coefficient (Wildman–Crippen LogP) is 1.34. The van der Waals surface area contributed by atoms with Gasteiger partial charge in [0.1, 0.15) is 0 Å². The Morgan fingerprint density at radius 2 is 1.92 bits per heavy atom. The summed E-state index contributed by atoms with van der Waals surface area (Å²) in [6, 6.07) is 0. The van der Waals surface area contributed by atoms with Crippen molar-refractivity contribution in [3.8, 4) is 0 Å². The Morgan fingerprint density at radius 3 is 2.25 bits per heavy atom. The van der Waals surface area contributed by atoms with Crippen molar-refractivity contribution in [2.24, 2.45) is 5.92 Å². The van der Waals surface area contributed by atoms with Crippen molar-refractivity contribution in [1.29, 1.82) is 0 Å². The van der Waals surface area contributed by atoms with Crippen molar-refractivity contribution in [2.75, 3.05) is 0 Å². The number of hydrogen-bond acceptors (Lipinski definition) is 3. The van der Waals surface area contributed by atoms with Gasteiger partial charge in [-0.1, -0.05) is 20.8 Å². The van der Waals surface area contributed by atoms with E-state index in [0.29, 0.717) is 0 Å². The van der Waals surface area contributed by atoms with Gasteiger partial charge in [-0.2, -0.15) is 0 Å². The minimum Gasteiger partial charge on any atom is -0.461 e. The van der Waals surface area contributed by atoms with E-state index in [0.717, 1.165) is 6.42 Å². The predicted molar refractivity (Wildman–Crippen MR) is 46.7 cm³/mol. The smallest absolute Gasteiger partial charge is 0.335 e. The molecular weight excluding hydrogens is 156 g/mol. The number of aliphatic hydroxyl groups is 1. The molecule has 0 aliphatic heterocycles. The second kappa shape index (κ2) is 5.14. The normalized spacial score (nSPS) is 15.8. The van der Waals surface area contributed by atoms with E-state index in [2.05, 4.69) is 0 Å². The average Bonchev–Trinajstić information content (AvgIpc) is 2.02. The van der Waals surface area contributed by atoms with Crippen molar-refractivity contribution in [3.63, 3.8) is 0 Å². The van der Waals surface area contributed by atoms with Gasteiger partial charge in [-0.25, -0.2) is 4.79 Å². The van der Waals surface area contributed by atoms with Crippen molar-refractivity contribution < 1.29 is 14.6 Å². The molecule has 72 valence electrons. The molecule has 2 unspecified atom stereocenters. The first-order valence-electron chi connectivity index (χ1n) is 4.37. The van der Waals surface area contributed by atoms with Crippen LogP contribution < -0.4 is 0 Å². The second-order valence-corrected chi connectivity index (χ2v) is 3.34. The van der Waals surface area contributed by atoms with Crippen LogP contribution in [0.3, 0.4) is 0 Å². The standard InChI is InChI=1S/C9H18O3/c1-5-7(4)12-9(11)8(10)6(2)3/h6-8,10H,5H2,1-4H3. The number of rotatable bonds is 4. The zero-order valence-electron chi connectivity index (χ0n) is 8.20. The molecule has 0 aromatic heterocycles. The van der Waals surface area contributed by atoms with Gasteiger partial charge in [-0.3, -0.25) is 0 Å². The van der Waals surface area contributed by atoms with Gasteiger partial charge in [0.05, 0.1) is 6.10 Å². The molecule has 0 heterocycles. The van der Waals surface area contributed by atoms with Crippen LogP contribution in [-0.4, -0.2) is 23.3 Å². The van der Waals surface area contributed by atoms with Crippen molar-refractivity contribution in [3.05, 3.63) is 0 Å². The summed E-state index contributed by atoms with van der Waals surface area (Å²) in [6.07, 6.45) is -0.318. The Bertz CT molecular complexity index is 143. The maximum atomic E-state index is 11.1. The Kier molecular flexibility index (Phi) is 4.90. The van der Waals surface area contributed by atoms with Crippen molar-refractivity contribution in [2.45, 2.75) is 46.3 Å². The summed E-state index contributed by atoms with van der Waals surface area (Å²) in [4.78, 5) is 11.1. The van der Waals surface area contributed by atoms with Crippen LogP contribution in [0.25, 0.3) is 0 Å². The molecular formula is C9H18O3. The number of carbonyl (C=O) groups excluding carboxylic acids is 1. The monoisotopic (exact) mass is 174 g/mol. The minimum absolute atomic E-state index is 0.0819. The van der Waals surface area contributed by atoms with Gasteiger partial charge >= 0.3 is 5.97 Å². The minimum atomic E-state index is -0.987. The van der Waals surface area contributed by atoms with Gasteiger partial charge in [0.25, 0.3) is 0 Å². The fourth-order valence-electron chi connectivity index (χ4n) is 0.623. The van der Waals surface area contributed by atoms with Gasteiger partial charge in [0.2, 0.25) is 0 Å². The molecule has 0 saturated carbocycles. The van der Waals surface area contributed by atoms with Crippen LogP contribution in [-0.2, 0) is 9.53 Å². The lowest BCUT2D eigenvalue weighted by Crippen LogP contribution is -2.30. The highest BCUT2D eigenvalue weighted by Gasteiger charge is 2.21. The van der Waals surface area contributed by atoms with Crippen LogP contribution in [0, 0.1) is 5.92 Å². The third-order valence-electron chi connectivity index (χ3n) is 1.77. The molecule has 0 fully saturated rings. The Balaban J connectivity index is 3.87. The van der Waals surface area contributed by atoms with Gasteiger partial charge < -0.3 is 9.84 Å². The fraction of sp³-hybridized carbons (Fsp3) is 0.889. The third-order valence-corrected chi connectivity index (χ3v) is 1.77. The summed E-state index contributed by atoms with van der Waals surface area (Å²) in [7, 11) is 0. The molecule has 12 heavy (non-hydrogen) atoms. The lowest BCUT2D eigenvalue weighted by molar-refractivity contribution is -0.160. The SMILES string of the molecule is CCC(C)OC(=O)C(O)C(C)C. The van der Waals surface area contributed by atoms with Gasteiger partial charge in [0, 0.05) is 0 Å². The molecule has 0 radical (unpaired) electrons. The molecule has 0 aliphatic carbocycles. The molecule has 0 rings (SSSR count). The molecule has 3 heteroatoms. The van der Waals surface area contributed by atoms with E-state index in [1.165, 1.54) is 0 Å². The highest BCUT2D eigenvalue weighted by Crippen LogP contribution is 2.06. The van der Waals surface area contributed by atoms with E-state index < -0.39 is 12.1 Å². The number of esters is 1. The highest BCUT2D eigenvalue weighted by molar-refractivity contribution is 5.74. The Labute approximate surface area is 73.7 Å². The molecule has 3 nitrogen and oxygen atoms in total. The Hall–Kier alpha value is -0.570. The van der Waals surface area contributed by atoms with Gasteiger partial charge in [-0.15, -0.1) is 0 Å². The molecule has 0 aliphatic rings. The zero-order valence-corrected chi connectivity index (χ0v) is 8.20. The summed E-state index contributed by atoms with van der Waals surface area (Å²) in [6.45, 7) is 7.30. The summed E-state index contributed by atoms with van der Waals surface area (Å²) >= 11 is 0. The van der Waals surface area contributed by atoms with Crippen LogP contribution in [0.4, 0.5) is 0 Å². The molecule has 1 N–H and O–H groups in total. The summed E-state index contributed by atoms with van der Waals surface area (Å²) in [5.74, 6) is -0.596. The van der Waals surface area contributed by atoms with E-state index in [1.54, 1.807) is 13.8 Å². The molecule has 0 spiro atoms. The molecule has 0 aromatic carbocycles. The molecule has 0 saturated heterocycles. The first kappa shape index (κ1) is 11.4. The number of ether oxygens (including phenoxy) is 1. The molecule has 2 atom stereocenters. The first-order chi connectivity index (χ1) is 5.49. The second-order valence-electron chi connectivity index (χ2n) is 3.34. The molecule has 0 aromatic rings. The van der Waals surface area contributed by atoms with Crippen LogP contribution in [0.15, 0.2) is 0 Å². The number of aliphatic hydroxyl groups excluding tert-OH is 1. The van der Waals surface area contributed by atoms with Crippen LogP contribution >= 0.6 is 0 Å². The molecule has 0 amide bonds. The topological polar surface area (TPSA) is 46.5 Å². The average molecular weight is 174 g/mol. The fourth-order valence-corrected chi connectivity index (χ4v) is 0.623. The van der Waals surface area contributed by atoms with Gasteiger partial charge in [0.15, 0.2) is 6.10 Å². The zero-order chi connectivity index (χ0) is 9.72. The van der Waals surface area contributed by atoms with Gasteiger partial charge in [-0.05, 0) is 19.3 Å². The van der Waals surface area contributed by atoms with Crippen molar-refractivity contribution >= 4 is 5.97 Å². The first-order valence-corrected chi connectivity index (χ1v) is 4.37. The maximum absolute atomic E-state index is 11.1. The van der Waals surface area contributed by atoms with E-state index in [9.17, 15) is 9.90 Å². The van der Waals surface area contributed by atoms with E-state index in [-0.39, 0.29) is 12.0 Å². The largest absolute Gasteiger partial charge is 0.461 e.